The number of rotatable bonds is 4. The van der Waals surface area contributed by atoms with Crippen molar-refractivity contribution in [1.29, 1.82) is 0 Å². The number of carbonyl (C=O) groups is 1. The van der Waals surface area contributed by atoms with Crippen LogP contribution in [0.4, 0.5) is 14.5 Å². The van der Waals surface area contributed by atoms with Crippen molar-refractivity contribution in [1.82, 2.24) is 15.0 Å². The molecule has 0 bridgehead atoms. The summed E-state index contributed by atoms with van der Waals surface area (Å²) in [4.78, 5) is 23.7. The summed E-state index contributed by atoms with van der Waals surface area (Å²) >= 11 is 6.31. The zero-order chi connectivity index (χ0) is 19.9. The summed E-state index contributed by atoms with van der Waals surface area (Å²) in [5.41, 5.74) is 1.70. The van der Waals surface area contributed by atoms with E-state index >= 15 is 0 Å². The second-order valence-corrected chi connectivity index (χ2v) is 7.64. The number of fused-ring (bicyclic) bond motifs is 1. The predicted molar refractivity (Wildman–Crippen MR) is 104 cm³/mol. The summed E-state index contributed by atoms with van der Waals surface area (Å²) in [7, 11) is 0. The number of aromatic amines is 1. The Labute approximate surface area is 165 Å². The van der Waals surface area contributed by atoms with Gasteiger partial charge in [0.15, 0.2) is 5.65 Å². The Morgan fingerprint density at radius 2 is 2.04 bits per heavy atom. The van der Waals surface area contributed by atoms with Gasteiger partial charge < -0.3 is 10.3 Å². The first-order chi connectivity index (χ1) is 13.3. The van der Waals surface area contributed by atoms with Gasteiger partial charge in [-0.15, -0.1) is 0 Å². The Kier molecular flexibility index (Phi) is 4.79. The van der Waals surface area contributed by atoms with E-state index < -0.39 is 5.92 Å². The molecule has 0 spiro atoms. The quantitative estimate of drug-likeness (QED) is 0.601. The van der Waals surface area contributed by atoms with Gasteiger partial charge in [-0.3, -0.25) is 4.79 Å². The minimum absolute atomic E-state index is 0.00636. The zero-order valence-electron chi connectivity index (χ0n) is 15.2. The fraction of sp³-hybridized carbons (Fsp3) is 0.350. The maximum Gasteiger partial charge on any atom is 0.272 e. The van der Waals surface area contributed by atoms with Gasteiger partial charge in [-0.1, -0.05) is 24.4 Å². The lowest BCUT2D eigenvalue weighted by Gasteiger charge is -2.11. The van der Waals surface area contributed by atoms with Crippen LogP contribution in [0.2, 0.25) is 5.02 Å². The van der Waals surface area contributed by atoms with E-state index in [4.69, 9.17) is 11.6 Å². The van der Waals surface area contributed by atoms with E-state index in [-0.39, 0.29) is 17.4 Å². The van der Waals surface area contributed by atoms with Crippen LogP contribution in [0.1, 0.15) is 38.2 Å². The van der Waals surface area contributed by atoms with Crippen LogP contribution in [0.3, 0.4) is 0 Å². The molecule has 1 fully saturated rings. The Bertz CT molecular complexity index is 1040. The lowest BCUT2D eigenvalue weighted by atomic mass is 10.1. The van der Waals surface area contributed by atoms with Gasteiger partial charge in [-0.05, 0) is 37.1 Å². The van der Waals surface area contributed by atoms with Crippen molar-refractivity contribution in [3.8, 4) is 11.4 Å². The van der Waals surface area contributed by atoms with Crippen molar-refractivity contribution in [2.75, 3.05) is 5.32 Å². The van der Waals surface area contributed by atoms with Gasteiger partial charge in [0.25, 0.3) is 5.92 Å². The summed E-state index contributed by atoms with van der Waals surface area (Å²) in [5, 5.41) is 3.36. The van der Waals surface area contributed by atoms with Crippen LogP contribution in [0, 0.1) is 5.92 Å². The van der Waals surface area contributed by atoms with Crippen molar-refractivity contribution < 1.29 is 13.6 Å². The van der Waals surface area contributed by atoms with Crippen molar-refractivity contribution in [3.63, 3.8) is 0 Å². The van der Waals surface area contributed by atoms with E-state index in [9.17, 15) is 13.6 Å². The number of benzene rings is 1. The maximum absolute atomic E-state index is 13.5. The molecule has 0 atom stereocenters. The number of carbonyl (C=O) groups excluding carboxylic acids is 1. The number of hydrogen-bond donors (Lipinski definition) is 2. The molecule has 4 rings (SSSR count). The largest absolute Gasteiger partial charge is 0.337 e. The molecule has 2 aromatic heterocycles. The molecule has 1 saturated carbocycles. The SMILES string of the molecule is CC(F)(F)c1cnc2nc(-c3cc(NC(=O)C4CCCC4)ccc3Cl)[nH]c2c1. The highest BCUT2D eigenvalue weighted by atomic mass is 35.5. The number of nitrogens with one attached hydrogen (secondary N) is 2. The number of aromatic nitrogens is 3. The van der Waals surface area contributed by atoms with Gasteiger partial charge in [0.1, 0.15) is 5.82 Å². The third-order valence-electron chi connectivity index (χ3n) is 5.06. The zero-order valence-corrected chi connectivity index (χ0v) is 16.0. The monoisotopic (exact) mass is 404 g/mol. The second-order valence-electron chi connectivity index (χ2n) is 7.23. The highest BCUT2D eigenvalue weighted by Crippen LogP contribution is 2.33. The number of imidazole rings is 1. The average molecular weight is 405 g/mol. The molecular formula is C20H19ClF2N4O. The van der Waals surface area contributed by atoms with E-state index in [1.54, 1.807) is 18.2 Å². The Balaban J connectivity index is 1.65. The molecule has 1 aromatic carbocycles. The van der Waals surface area contributed by atoms with E-state index in [1.165, 1.54) is 6.07 Å². The van der Waals surface area contributed by atoms with Gasteiger partial charge >= 0.3 is 0 Å². The first-order valence-corrected chi connectivity index (χ1v) is 9.54. The topological polar surface area (TPSA) is 70.7 Å². The van der Waals surface area contributed by atoms with Crippen LogP contribution in [-0.4, -0.2) is 20.9 Å². The van der Waals surface area contributed by atoms with Crippen molar-refractivity contribution in [2.45, 2.75) is 38.5 Å². The molecular weight excluding hydrogens is 386 g/mol. The molecule has 0 aliphatic heterocycles. The smallest absolute Gasteiger partial charge is 0.272 e. The molecule has 0 unspecified atom stereocenters. The predicted octanol–water partition coefficient (Wildman–Crippen LogP) is 5.52. The summed E-state index contributed by atoms with van der Waals surface area (Å²) in [5.74, 6) is -2.54. The number of nitrogens with zero attached hydrogens (tertiary/aromatic N) is 2. The summed E-state index contributed by atoms with van der Waals surface area (Å²) < 4.78 is 27.1. The van der Waals surface area contributed by atoms with Crippen LogP contribution in [0.25, 0.3) is 22.6 Å². The molecule has 0 radical (unpaired) electrons. The lowest BCUT2D eigenvalue weighted by Crippen LogP contribution is -2.20. The van der Waals surface area contributed by atoms with Crippen LogP contribution >= 0.6 is 11.6 Å². The Hall–Kier alpha value is -2.54. The highest BCUT2D eigenvalue weighted by molar-refractivity contribution is 6.33. The van der Waals surface area contributed by atoms with E-state index in [0.29, 0.717) is 33.3 Å². The molecule has 8 heteroatoms. The maximum atomic E-state index is 13.5. The van der Waals surface area contributed by atoms with Gasteiger partial charge in [0.2, 0.25) is 5.91 Å². The fourth-order valence-corrected chi connectivity index (χ4v) is 3.69. The number of halogens is 3. The number of H-pyrrole nitrogens is 1. The third kappa shape index (κ3) is 3.71. The molecule has 3 aromatic rings. The fourth-order valence-electron chi connectivity index (χ4n) is 3.48. The average Bonchev–Trinajstić information content (AvgIpc) is 3.31. The normalized spacial score (nSPS) is 15.3. The van der Waals surface area contributed by atoms with E-state index in [1.807, 2.05) is 0 Å². The first-order valence-electron chi connectivity index (χ1n) is 9.16. The molecule has 28 heavy (non-hydrogen) atoms. The van der Waals surface area contributed by atoms with E-state index in [2.05, 4.69) is 20.3 Å². The number of anilines is 1. The number of pyridine rings is 1. The van der Waals surface area contributed by atoms with Gasteiger partial charge in [-0.2, -0.15) is 0 Å². The molecule has 1 aliphatic rings. The number of hydrogen-bond acceptors (Lipinski definition) is 3. The van der Waals surface area contributed by atoms with Crippen LogP contribution in [0.15, 0.2) is 30.5 Å². The summed E-state index contributed by atoms with van der Waals surface area (Å²) in [6.07, 6.45) is 5.09. The molecule has 1 amide bonds. The number of amides is 1. The lowest BCUT2D eigenvalue weighted by molar-refractivity contribution is -0.119. The molecule has 146 valence electrons. The van der Waals surface area contributed by atoms with Crippen LogP contribution < -0.4 is 5.32 Å². The minimum atomic E-state index is -2.99. The molecule has 5 nitrogen and oxygen atoms in total. The van der Waals surface area contributed by atoms with Crippen molar-refractivity contribution in [2.24, 2.45) is 5.92 Å². The highest BCUT2D eigenvalue weighted by Gasteiger charge is 2.26. The van der Waals surface area contributed by atoms with E-state index in [0.717, 1.165) is 38.8 Å². The van der Waals surface area contributed by atoms with Gasteiger partial charge in [0.05, 0.1) is 10.5 Å². The Morgan fingerprint density at radius 3 is 2.75 bits per heavy atom. The second kappa shape index (κ2) is 7.13. The first kappa shape index (κ1) is 18.8. The number of alkyl halides is 2. The Morgan fingerprint density at radius 1 is 1.29 bits per heavy atom. The standard InChI is InChI=1S/C20H19ClF2N4O/c1-20(22,23)12-8-16-18(24-10-12)27-17(26-16)14-9-13(6-7-15(14)21)25-19(28)11-4-2-3-5-11/h6-11H,2-5H2,1H3,(H,25,28)(H,24,26,27). The molecule has 1 aliphatic carbocycles. The van der Waals surface area contributed by atoms with Crippen LogP contribution in [0.5, 0.6) is 0 Å². The van der Waals surface area contributed by atoms with Crippen molar-refractivity contribution in [3.05, 3.63) is 41.0 Å². The minimum Gasteiger partial charge on any atom is -0.337 e. The van der Waals surface area contributed by atoms with Crippen LogP contribution in [-0.2, 0) is 10.7 Å². The molecule has 0 saturated heterocycles. The van der Waals surface area contributed by atoms with Crippen molar-refractivity contribution >= 4 is 34.4 Å². The van der Waals surface area contributed by atoms with Gasteiger partial charge in [0, 0.05) is 35.9 Å². The van der Waals surface area contributed by atoms with Gasteiger partial charge in [-0.25, -0.2) is 18.7 Å². The third-order valence-corrected chi connectivity index (χ3v) is 5.39. The summed E-state index contributed by atoms with van der Waals surface area (Å²) in [6, 6.07) is 6.46. The molecule has 2 N–H and O–H groups in total. The molecule has 2 heterocycles. The summed E-state index contributed by atoms with van der Waals surface area (Å²) in [6.45, 7) is 0.820.